The topological polar surface area (TPSA) is 43.6 Å². The number of rotatable bonds is 4. The highest BCUT2D eigenvalue weighted by molar-refractivity contribution is 9.10. The second-order valence-electron chi connectivity index (χ2n) is 6.62. The second kappa shape index (κ2) is 7.76. The van der Waals surface area contributed by atoms with Crippen LogP contribution in [0.1, 0.15) is 41.7 Å². The van der Waals surface area contributed by atoms with Crippen molar-refractivity contribution >= 4 is 33.2 Å². The Balaban J connectivity index is 2.53. The number of benzene rings is 1. The van der Waals surface area contributed by atoms with Crippen LogP contribution in [0.4, 0.5) is 0 Å². The van der Waals surface area contributed by atoms with E-state index in [9.17, 15) is 4.79 Å². The molecule has 1 heterocycles. The molecule has 0 fully saturated rings. The molecule has 24 heavy (non-hydrogen) atoms. The van der Waals surface area contributed by atoms with E-state index in [1.54, 1.807) is 30.6 Å². The summed E-state index contributed by atoms with van der Waals surface area (Å²) in [5, 5.41) is 0. The number of hydrogen-bond acceptors (Lipinski definition) is 3. The zero-order valence-corrected chi connectivity index (χ0v) is 17.1. The van der Waals surface area contributed by atoms with Crippen LogP contribution in [-0.4, -0.2) is 24.2 Å². The first-order valence-electron chi connectivity index (χ1n) is 7.78. The highest BCUT2D eigenvalue weighted by atomic mass is 79.9. The minimum atomic E-state index is -0.232. The summed E-state index contributed by atoms with van der Waals surface area (Å²) in [6.45, 7) is 9.86. The first kappa shape index (κ1) is 19.1. The molecule has 130 valence electrons. The van der Waals surface area contributed by atoms with Crippen LogP contribution in [0.25, 0.3) is 0 Å². The van der Waals surface area contributed by atoms with Gasteiger partial charge < -0.3 is 9.30 Å². The maximum absolute atomic E-state index is 12.5. The van der Waals surface area contributed by atoms with Crippen LogP contribution >= 0.6 is 27.3 Å². The van der Waals surface area contributed by atoms with E-state index < -0.39 is 0 Å². The number of amides is 1. The van der Waals surface area contributed by atoms with Gasteiger partial charge in [0.25, 0.3) is 5.91 Å². The van der Waals surface area contributed by atoms with E-state index in [0.29, 0.717) is 18.7 Å². The molecule has 4 nitrogen and oxygen atoms in total. The zero-order valence-electron chi connectivity index (χ0n) is 14.7. The first-order valence-corrected chi connectivity index (χ1v) is 9.39. The fourth-order valence-electron chi connectivity index (χ4n) is 2.48. The van der Waals surface area contributed by atoms with Crippen molar-refractivity contribution in [3.8, 4) is 0 Å². The Labute approximate surface area is 155 Å². The first-order chi connectivity index (χ1) is 11.2. The predicted molar refractivity (Wildman–Crippen MR) is 102 cm³/mol. The minimum Gasteiger partial charge on any atom is -0.383 e. The van der Waals surface area contributed by atoms with Crippen LogP contribution in [0.15, 0.2) is 33.7 Å². The van der Waals surface area contributed by atoms with Gasteiger partial charge in [-0.25, -0.2) is 0 Å². The monoisotopic (exact) mass is 410 g/mol. The number of hydrogen-bond donors (Lipinski definition) is 0. The maximum atomic E-state index is 12.5. The molecule has 2 rings (SSSR count). The summed E-state index contributed by atoms with van der Waals surface area (Å²) < 4.78 is 8.15. The molecular weight excluding hydrogens is 388 g/mol. The Morgan fingerprint density at radius 3 is 2.67 bits per heavy atom. The number of carbonyl (C=O) groups excluding carboxylic acids is 1. The molecule has 0 bridgehead atoms. The number of ether oxygens (including phenoxy) is 1. The normalized spacial score (nSPS) is 12.7. The molecule has 2 aromatic rings. The quantitative estimate of drug-likeness (QED) is 0.753. The number of thiazole rings is 1. The van der Waals surface area contributed by atoms with Gasteiger partial charge in [0.2, 0.25) is 0 Å². The van der Waals surface area contributed by atoms with Crippen LogP contribution in [-0.2, 0) is 16.7 Å². The minimum absolute atomic E-state index is 0.0101. The predicted octanol–water partition coefficient (Wildman–Crippen LogP) is 4.31. The Bertz CT molecular complexity index is 800. The standard InChI is InChI=1S/C18H23BrN2O2S/c1-12-15(18(2,3)4)24-17(21(12)9-10-23-5)20-16(22)13-7-6-8-14(19)11-13/h6-8,11H,9-10H2,1-5H3/b20-17-. The van der Waals surface area contributed by atoms with Crippen LogP contribution in [0, 0.1) is 6.92 Å². The van der Waals surface area contributed by atoms with Crippen LogP contribution in [0.2, 0.25) is 0 Å². The van der Waals surface area contributed by atoms with Crippen molar-refractivity contribution in [2.75, 3.05) is 13.7 Å². The molecule has 0 spiro atoms. The van der Waals surface area contributed by atoms with Crippen molar-refractivity contribution < 1.29 is 9.53 Å². The fraction of sp³-hybridized carbons (Fsp3) is 0.444. The highest BCUT2D eigenvalue weighted by Crippen LogP contribution is 2.28. The third kappa shape index (κ3) is 4.43. The van der Waals surface area contributed by atoms with Crippen molar-refractivity contribution in [2.24, 2.45) is 4.99 Å². The van der Waals surface area contributed by atoms with Crippen molar-refractivity contribution in [2.45, 2.75) is 39.7 Å². The van der Waals surface area contributed by atoms with E-state index in [4.69, 9.17) is 4.74 Å². The third-order valence-corrected chi connectivity index (χ3v) is 5.73. The van der Waals surface area contributed by atoms with Gasteiger partial charge in [-0.15, -0.1) is 11.3 Å². The van der Waals surface area contributed by atoms with Gasteiger partial charge >= 0.3 is 0 Å². The molecule has 1 aromatic heterocycles. The average molecular weight is 411 g/mol. The molecule has 0 saturated carbocycles. The van der Waals surface area contributed by atoms with Gasteiger partial charge in [0.15, 0.2) is 4.80 Å². The molecule has 0 saturated heterocycles. The number of aromatic nitrogens is 1. The maximum Gasteiger partial charge on any atom is 0.279 e. The number of nitrogens with zero attached hydrogens (tertiary/aromatic N) is 2. The summed E-state index contributed by atoms with van der Waals surface area (Å²) in [6.07, 6.45) is 0. The molecule has 0 radical (unpaired) electrons. The average Bonchev–Trinajstić information content (AvgIpc) is 2.81. The number of carbonyl (C=O) groups is 1. The zero-order chi connectivity index (χ0) is 17.9. The summed E-state index contributed by atoms with van der Waals surface area (Å²) in [4.78, 5) is 18.9. The lowest BCUT2D eigenvalue weighted by Crippen LogP contribution is -2.21. The van der Waals surface area contributed by atoms with Crippen LogP contribution in [0.5, 0.6) is 0 Å². The van der Waals surface area contributed by atoms with E-state index in [2.05, 4.69) is 53.2 Å². The largest absolute Gasteiger partial charge is 0.383 e. The van der Waals surface area contributed by atoms with E-state index in [1.165, 1.54) is 4.88 Å². The van der Waals surface area contributed by atoms with Crippen LogP contribution in [0.3, 0.4) is 0 Å². The summed E-state index contributed by atoms with van der Waals surface area (Å²) >= 11 is 4.97. The van der Waals surface area contributed by atoms with Crippen molar-refractivity contribution in [3.63, 3.8) is 0 Å². The van der Waals surface area contributed by atoms with Crippen molar-refractivity contribution in [1.82, 2.24) is 4.57 Å². The molecule has 0 unspecified atom stereocenters. The van der Waals surface area contributed by atoms with E-state index >= 15 is 0 Å². The van der Waals surface area contributed by atoms with E-state index in [-0.39, 0.29) is 11.3 Å². The van der Waals surface area contributed by atoms with Crippen molar-refractivity contribution in [1.29, 1.82) is 0 Å². The Morgan fingerprint density at radius 2 is 2.08 bits per heavy atom. The Hall–Kier alpha value is -1.24. The molecule has 1 aromatic carbocycles. The van der Waals surface area contributed by atoms with Crippen molar-refractivity contribution in [3.05, 3.63) is 49.7 Å². The molecular formula is C18H23BrN2O2S. The van der Waals surface area contributed by atoms with E-state index in [1.807, 2.05) is 12.1 Å². The summed E-state index contributed by atoms with van der Waals surface area (Å²) in [7, 11) is 1.68. The molecule has 0 N–H and O–H groups in total. The van der Waals surface area contributed by atoms with Gasteiger partial charge in [-0.05, 0) is 30.5 Å². The van der Waals surface area contributed by atoms with Gasteiger partial charge in [0.1, 0.15) is 0 Å². The van der Waals surface area contributed by atoms with Gasteiger partial charge in [-0.1, -0.05) is 42.8 Å². The molecule has 6 heteroatoms. The number of halogens is 1. The van der Waals surface area contributed by atoms with E-state index in [0.717, 1.165) is 15.0 Å². The molecule has 0 atom stereocenters. The summed E-state index contributed by atoms with van der Waals surface area (Å²) in [6, 6.07) is 7.30. The van der Waals surface area contributed by atoms with Gasteiger partial charge in [0.05, 0.1) is 6.61 Å². The van der Waals surface area contributed by atoms with Gasteiger partial charge in [-0.3, -0.25) is 4.79 Å². The lowest BCUT2D eigenvalue weighted by molar-refractivity contribution is 0.0997. The summed E-state index contributed by atoms with van der Waals surface area (Å²) in [5.41, 5.74) is 1.73. The Kier molecular flexibility index (Phi) is 6.17. The molecule has 0 aliphatic heterocycles. The lowest BCUT2D eigenvalue weighted by Gasteiger charge is -2.17. The lowest BCUT2D eigenvalue weighted by atomic mass is 9.93. The smallest absolute Gasteiger partial charge is 0.279 e. The molecule has 0 aliphatic carbocycles. The SMILES string of the molecule is COCCn1c(C)c(C(C)(C)C)s/c1=N\C(=O)c1cccc(Br)c1. The van der Waals surface area contributed by atoms with Crippen LogP contribution < -0.4 is 4.80 Å². The molecule has 0 aliphatic rings. The van der Waals surface area contributed by atoms with Gasteiger partial charge in [-0.2, -0.15) is 4.99 Å². The second-order valence-corrected chi connectivity index (χ2v) is 8.51. The Morgan fingerprint density at radius 1 is 1.38 bits per heavy atom. The fourth-order valence-corrected chi connectivity index (χ4v) is 4.10. The summed E-state index contributed by atoms with van der Waals surface area (Å²) in [5.74, 6) is -0.232. The number of methoxy groups -OCH3 is 1. The third-order valence-electron chi connectivity index (χ3n) is 3.63. The van der Waals surface area contributed by atoms with Gasteiger partial charge in [0, 0.05) is 34.3 Å². The molecule has 1 amide bonds. The highest BCUT2D eigenvalue weighted by Gasteiger charge is 2.22.